The van der Waals surface area contributed by atoms with Gasteiger partial charge in [0, 0.05) is 23.6 Å². The van der Waals surface area contributed by atoms with Gasteiger partial charge in [-0.2, -0.15) is 0 Å². The number of carbonyl (C=O) groups is 2. The highest BCUT2D eigenvalue weighted by atomic mass is 35.5. The average molecular weight is 342 g/mol. The highest BCUT2D eigenvalue weighted by Crippen LogP contribution is 2.43. The Hall–Kier alpha value is -1.10. The van der Waals surface area contributed by atoms with E-state index in [-0.39, 0.29) is 17.8 Å². The van der Waals surface area contributed by atoms with Crippen molar-refractivity contribution in [3.63, 3.8) is 0 Å². The fraction of sp³-hybridized carbons (Fsp3) is 0.500. The molecule has 4 nitrogen and oxygen atoms in total. The van der Waals surface area contributed by atoms with Crippen LogP contribution in [0.4, 0.5) is 0 Å². The Morgan fingerprint density at radius 1 is 1.32 bits per heavy atom. The van der Waals surface area contributed by atoms with E-state index in [1.165, 1.54) is 0 Å². The summed E-state index contributed by atoms with van der Waals surface area (Å²) in [5.41, 5.74) is 0.508. The molecule has 6 heteroatoms. The topological polar surface area (TPSA) is 55.4 Å². The molecule has 1 saturated heterocycles. The lowest BCUT2D eigenvalue weighted by atomic mass is 9.84. The minimum Gasteiger partial charge on any atom is -0.381 e. The number of rotatable bonds is 2. The Balaban J connectivity index is 2.00. The van der Waals surface area contributed by atoms with Crippen LogP contribution in [0.15, 0.2) is 12.1 Å². The summed E-state index contributed by atoms with van der Waals surface area (Å²) in [6.45, 7) is 1.81. The van der Waals surface area contributed by atoms with Gasteiger partial charge in [0.2, 0.25) is 5.91 Å². The van der Waals surface area contributed by atoms with E-state index in [2.05, 4.69) is 5.32 Å². The van der Waals surface area contributed by atoms with Gasteiger partial charge in [-0.15, -0.1) is 0 Å². The molecule has 3 unspecified atom stereocenters. The highest BCUT2D eigenvalue weighted by molar-refractivity contribution is 6.36. The Morgan fingerprint density at radius 3 is 2.64 bits per heavy atom. The minimum absolute atomic E-state index is 0.00443. The second-order valence-electron chi connectivity index (χ2n) is 6.09. The van der Waals surface area contributed by atoms with Crippen molar-refractivity contribution >= 4 is 34.9 Å². The average Bonchev–Trinajstić information content (AvgIpc) is 2.95. The molecule has 3 atom stereocenters. The minimum atomic E-state index is -0.861. The number of aryl methyl sites for hydroxylation is 1. The number of carbonyl (C=O) groups excluding carboxylic acids is 2. The monoisotopic (exact) mass is 341 g/mol. The first-order valence-electron chi connectivity index (χ1n) is 7.22. The number of methoxy groups -OCH3 is 1. The number of hydrogen-bond donors (Lipinski definition) is 1. The molecule has 0 radical (unpaired) electrons. The summed E-state index contributed by atoms with van der Waals surface area (Å²) in [6.07, 6.45) is 1.90. The maximum Gasteiger partial charge on any atom is 0.236 e. The molecule has 1 heterocycles. The predicted molar refractivity (Wildman–Crippen MR) is 84.5 cm³/mol. The van der Waals surface area contributed by atoms with Gasteiger partial charge >= 0.3 is 0 Å². The first kappa shape index (κ1) is 15.8. The van der Waals surface area contributed by atoms with Crippen LogP contribution in [-0.4, -0.2) is 30.4 Å². The van der Waals surface area contributed by atoms with E-state index in [0.717, 1.165) is 12.0 Å². The van der Waals surface area contributed by atoms with Gasteiger partial charge in [-0.25, -0.2) is 0 Å². The van der Waals surface area contributed by atoms with Crippen LogP contribution in [0.1, 0.15) is 36.3 Å². The summed E-state index contributed by atoms with van der Waals surface area (Å²) in [4.78, 5) is 25.4. The zero-order chi connectivity index (χ0) is 16.1. The van der Waals surface area contributed by atoms with Gasteiger partial charge < -0.3 is 10.1 Å². The second kappa shape index (κ2) is 5.52. The maximum absolute atomic E-state index is 13.0. The van der Waals surface area contributed by atoms with Gasteiger partial charge in [-0.1, -0.05) is 23.2 Å². The Morgan fingerprint density at radius 2 is 2.05 bits per heavy atom. The third-order valence-electron chi connectivity index (χ3n) is 4.75. The fourth-order valence-corrected chi connectivity index (χ4v) is 4.35. The van der Waals surface area contributed by atoms with Gasteiger partial charge in [0.15, 0.2) is 5.78 Å². The van der Waals surface area contributed by atoms with Crippen LogP contribution >= 0.6 is 23.2 Å². The summed E-state index contributed by atoms with van der Waals surface area (Å²) < 4.78 is 5.34. The zero-order valence-corrected chi connectivity index (χ0v) is 13.9. The van der Waals surface area contributed by atoms with Crippen molar-refractivity contribution in [3.05, 3.63) is 33.3 Å². The number of halogens is 2. The van der Waals surface area contributed by atoms with E-state index in [1.54, 1.807) is 19.2 Å². The molecule has 1 aromatic rings. The molecule has 118 valence electrons. The van der Waals surface area contributed by atoms with E-state index in [9.17, 15) is 9.59 Å². The first-order chi connectivity index (χ1) is 10.4. The second-order valence-corrected chi connectivity index (χ2v) is 6.93. The van der Waals surface area contributed by atoms with Crippen LogP contribution in [0.5, 0.6) is 0 Å². The third-order valence-corrected chi connectivity index (χ3v) is 5.28. The van der Waals surface area contributed by atoms with Gasteiger partial charge in [-0.05, 0) is 43.0 Å². The molecule has 1 aromatic carbocycles. The van der Waals surface area contributed by atoms with Crippen LogP contribution < -0.4 is 5.32 Å². The zero-order valence-electron chi connectivity index (χ0n) is 12.4. The molecule has 2 aliphatic rings. The van der Waals surface area contributed by atoms with E-state index in [4.69, 9.17) is 27.9 Å². The van der Waals surface area contributed by atoms with Crippen molar-refractivity contribution in [2.75, 3.05) is 7.11 Å². The van der Waals surface area contributed by atoms with Crippen LogP contribution in [0, 0.1) is 6.92 Å². The highest BCUT2D eigenvalue weighted by Gasteiger charge is 2.56. The Labute approximate surface area is 139 Å². The number of ketones is 1. The van der Waals surface area contributed by atoms with Crippen molar-refractivity contribution in [1.82, 2.24) is 5.32 Å². The van der Waals surface area contributed by atoms with Crippen LogP contribution in [-0.2, 0) is 14.3 Å². The van der Waals surface area contributed by atoms with Crippen LogP contribution in [0.3, 0.4) is 0 Å². The lowest BCUT2D eigenvalue weighted by Gasteiger charge is -2.21. The number of ether oxygens (including phenoxy) is 1. The smallest absolute Gasteiger partial charge is 0.236 e. The first-order valence-corrected chi connectivity index (χ1v) is 7.98. The standard InChI is InChI=1S/C16H17Cl2NO3/c1-8-5-9(17)6-11(18)12(8)13-14(20)16(19-15(13)21)4-3-10(7-16)22-2/h5-6,10,13H,3-4,7H2,1-2H3,(H,19,21). The lowest BCUT2D eigenvalue weighted by Crippen LogP contribution is -2.44. The molecular formula is C16H17Cl2NO3. The number of hydrogen-bond acceptors (Lipinski definition) is 3. The SMILES string of the molecule is COC1CCC2(C1)NC(=O)C(c1c(C)cc(Cl)cc1Cl)C2=O. The molecule has 0 bridgehead atoms. The third kappa shape index (κ3) is 2.34. The van der Waals surface area contributed by atoms with Crippen molar-refractivity contribution in [2.45, 2.75) is 43.7 Å². The number of nitrogens with one attached hydrogen (secondary N) is 1. The predicted octanol–water partition coefficient (Wildman–Crippen LogP) is 3.02. The summed E-state index contributed by atoms with van der Waals surface area (Å²) in [5.74, 6) is -1.25. The van der Waals surface area contributed by atoms with E-state index < -0.39 is 11.5 Å². The van der Waals surface area contributed by atoms with Gasteiger partial charge in [-0.3, -0.25) is 9.59 Å². The summed E-state index contributed by atoms with van der Waals surface area (Å²) in [7, 11) is 1.63. The maximum atomic E-state index is 13.0. The largest absolute Gasteiger partial charge is 0.381 e. The molecule has 2 fully saturated rings. The number of benzene rings is 1. The summed E-state index contributed by atoms with van der Waals surface area (Å²) in [5, 5.41) is 3.75. The van der Waals surface area contributed by atoms with Gasteiger partial charge in [0.1, 0.15) is 11.5 Å². The molecule has 0 aromatic heterocycles. The summed E-state index contributed by atoms with van der Waals surface area (Å²) in [6, 6.07) is 3.30. The molecule has 1 spiro atoms. The van der Waals surface area contributed by atoms with E-state index in [0.29, 0.717) is 28.5 Å². The normalized spacial score (nSPS) is 31.1. The molecule has 1 saturated carbocycles. The van der Waals surface area contributed by atoms with E-state index in [1.807, 2.05) is 6.92 Å². The van der Waals surface area contributed by atoms with Crippen molar-refractivity contribution in [3.8, 4) is 0 Å². The van der Waals surface area contributed by atoms with Crippen molar-refractivity contribution < 1.29 is 14.3 Å². The Kier molecular flexibility index (Phi) is 3.96. The molecule has 1 N–H and O–H groups in total. The molecular weight excluding hydrogens is 325 g/mol. The molecule has 1 aliphatic heterocycles. The molecule has 1 amide bonds. The van der Waals surface area contributed by atoms with E-state index >= 15 is 0 Å². The lowest BCUT2D eigenvalue weighted by molar-refractivity contribution is -0.125. The number of amides is 1. The van der Waals surface area contributed by atoms with Gasteiger partial charge in [0.05, 0.1) is 6.10 Å². The molecule has 22 heavy (non-hydrogen) atoms. The Bertz CT molecular complexity index is 638. The molecule has 1 aliphatic carbocycles. The van der Waals surface area contributed by atoms with Crippen LogP contribution in [0.25, 0.3) is 0 Å². The summed E-state index contributed by atoms with van der Waals surface area (Å²) >= 11 is 12.2. The van der Waals surface area contributed by atoms with Crippen molar-refractivity contribution in [1.29, 1.82) is 0 Å². The molecule has 3 rings (SSSR count). The number of Topliss-reactive ketones (excluding diaryl/α,β-unsaturated/α-hetero) is 1. The fourth-order valence-electron chi connectivity index (χ4n) is 3.64. The van der Waals surface area contributed by atoms with Gasteiger partial charge in [0.25, 0.3) is 0 Å². The quantitative estimate of drug-likeness (QED) is 0.841. The van der Waals surface area contributed by atoms with Crippen LogP contribution in [0.2, 0.25) is 10.0 Å². The van der Waals surface area contributed by atoms with Crippen molar-refractivity contribution in [2.24, 2.45) is 0 Å².